The van der Waals surface area contributed by atoms with Crippen LogP contribution in [-0.2, 0) is 0 Å². The predicted octanol–water partition coefficient (Wildman–Crippen LogP) is 4.03. The van der Waals surface area contributed by atoms with Gasteiger partial charge in [-0.1, -0.05) is 12.7 Å². The number of hydrogen-bond donors (Lipinski definition) is 0. The van der Waals surface area contributed by atoms with Crippen LogP contribution in [0.2, 0.25) is 0 Å². The van der Waals surface area contributed by atoms with Crippen molar-refractivity contribution in [3.63, 3.8) is 0 Å². The quantitative estimate of drug-likeness (QED) is 0.668. The van der Waals surface area contributed by atoms with Gasteiger partial charge in [0.2, 0.25) is 0 Å². The fourth-order valence-corrected chi connectivity index (χ4v) is 2.28. The maximum absolute atomic E-state index is 12.4. The van der Waals surface area contributed by atoms with Gasteiger partial charge in [0.15, 0.2) is 5.43 Å². The minimum Gasteiger partial charge on any atom is -0.497 e. The highest BCUT2D eigenvalue weighted by Gasteiger charge is 2.08. The van der Waals surface area contributed by atoms with Crippen LogP contribution in [0, 0.1) is 0 Å². The van der Waals surface area contributed by atoms with Crippen molar-refractivity contribution in [3.05, 3.63) is 71.4 Å². The maximum Gasteiger partial charge on any atom is 0.193 e. The Morgan fingerprint density at radius 3 is 2.52 bits per heavy atom. The first-order valence-electron chi connectivity index (χ1n) is 7.17. The van der Waals surface area contributed by atoms with Gasteiger partial charge in [0.05, 0.1) is 12.5 Å². The molecule has 0 amide bonds. The summed E-state index contributed by atoms with van der Waals surface area (Å²) in [7, 11) is 1.61. The minimum atomic E-state index is -0.110. The molecular weight excluding hydrogens is 292 g/mol. The van der Waals surface area contributed by atoms with Crippen LogP contribution < -0.4 is 14.9 Å². The standard InChI is InChI=1S/C19H16O4/c1-3-10-22-15-8-9-18-16(11-15)17(20)12-19(23-18)13-4-6-14(21-2)7-5-13/h3-9,11-12H,1,10H2,2H3. The summed E-state index contributed by atoms with van der Waals surface area (Å²) in [5.74, 6) is 1.88. The molecular formula is C19H16O4. The van der Waals surface area contributed by atoms with E-state index in [1.807, 2.05) is 24.3 Å². The minimum absolute atomic E-state index is 0.110. The normalized spacial score (nSPS) is 10.5. The first-order valence-corrected chi connectivity index (χ1v) is 7.17. The topological polar surface area (TPSA) is 48.7 Å². The maximum atomic E-state index is 12.4. The third-order valence-corrected chi connectivity index (χ3v) is 3.44. The van der Waals surface area contributed by atoms with E-state index in [1.54, 1.807) is 31.4 Å². The van der Waals surface area contributed by atoms with Gasteiger partial charge in [-0.15, -0.1) is 0 Å². The van der Waals surface area contributed by atoms with Gasteiger partial charge < -0.3 is 13.9 Å². The van der Waals surface area contributed by atoms with Crippen LogP contribution in [0.1, 0.15) is 0 Å². The molecule has 0 fully saturated rings. The number of fused-ring (bicyclic) bond motifs is 1. The number of hydrogen-bond acceptors (Lipinski definition) is 4. The van der Waals surface area contributed by atoms with Crippen molar-refractivity contribution in [2.45, 2.75) is 0 Å². The molecule has 0 unspecified atom stereocenters. The summed E-state index contributed by atoms with van der Waals surface area (Å²) in [5, 5.41) is 0.490. The van der Waals surface area contributed by atoms with Crippen molar-refractivity contribution in [3.8, 4) is 22.8 Å². The van der Waals surface area contributed by atoms with Crippen molar-refractivity contribution in [2.75, 3.05) is 13.7 Å². The number of benzene rings is 2. The molecule has 0 aliphatic heterocycles. The number of rotatable bonds is 5. The van der Waals surface area contributed by atoms with Gasteiger partial charge in [-0.3, -0.25) is 4.79 Å². The fourth-order valence-electron chi connectivity index (χ4n) is 2.28. The average Bonchev–Trinajstić information content (AvgIpc) is 2.60. The number of methoxy groups -OCH3 is 1. The molecule has 0 aliphatic rings. The third kappa shape index (κ3) is 3.11. The van der Waals surface area contributed by atoms with Gasteiger partial charge in [0, 0.05) is 11.6 Å². The molecule has 1 aromatic heterocycles. The Morgan fingerprint density at radius 1 is 1.09 bits per heavy atom. The Hall–Kier alpha value is -3.01. The van der Waals surface area contributed by atoms with E-state index in [-0.39, 0.29) is 5.43 Å². The van der Waals surface area contributed by atoms with E-state index >= 15 is 0 Å². The summed E-state index contributed by atoms with van der Waals surface area (Å²) in [6.45, 7) is 3.99. The molecule has 0 N–H and O–H groups in total. The van der Waals surface area contributed by atoms with Crippen molar-refractivity contribution in [1.82, 2.24) is 0 Å². The molecule has 0 saturated carbocycles. The summed E-state index contributed by atoms with van der Waals surface area (Å²) in [6, 6.07) is 14.0. The van der Waals surface area contributed by atoms with Crippen molar-refractivity contribution in [1.29, 1.82) is 0 Å². The first kappa shape index (κ1) is 14.9. The Morgan fingerprint density at radius 2 is 1.83 bits per heavy atom. The summed E-state index contributed by atoms with van der Waals surface area (Å²) < 4.78 is 16.4. The van der Waals surface area contributed by atoms with Gasteiger partial charge in [-0.2, -0.15) is 0 Å². The largest absolute Gasteiger partial charge is 0.497 e. The first-order chi connectivity index (χ1) is 11.2. The van der Waals surface area contributed by atoms with Gasteiger partial charge in [0.25, 0.3) is 0 Å². The van der Waals surface area contributed by atoms with Crippen LogP contribution in [0.5, 0.6) is 11.5 Å². The zero-order valence-corrected chi connectivity index (χ0v) is 12.7. The molecule has 2 aromatic carbocycles. The van der Waals surface area contributed by atoms with E-state index < -0.39 is 0 Å². The van der Waals surface area contributed by atoms with Gasteiger partial charge >= 0.3 is 0 Å². The molecule has 0 atom stereocenters. The molecule has 23 heavy (non-hydrogen) atoms. The lowest BCUT2D eigenvalue weighted by molar-refractivity contribution is 0.363. The van der Waals surface area contributed by atoms with Gasteiger partial charge in [0.1, 0.15) is 29.4 Å². The summed E-state index contributed by atoms with van der Waals surface area (Å²) in [4.78, 5) is 12.4. The van der Waals surface area contributed by atoms with E-state index in [0.29, 0.717) is 29.1 Å². The van der Waals surface area contributed by atoms with E-state index in [2.05, 4.69) is 6.58 Å². The molecule has 0 spiro atoms. The summed E-state index contributed by atoms with van der Waals surface area (Å²) >= 11 is 0. The Labute approximate surface area is 133 Å². The van der Waals surface area contributed by atoms with Crippen LogP contribution in [0.15, 0.2) is 70.4 Å². The van der Waals surface area contributed by atoms with Crippen molar-refractivity contribution < 1.29 is 13.9 Å². The second-order valence-corrected chi connectivity index (χ2v) is 4.96. The molecule has 1 heterocycles. The SMILES string of the molecule is C=CCOc1ccc2oc(-c3ccc(OC)cc3)cc(=O)c2c1. The lowest BCUT2D eigenvalue weighted by Gasteiger charge is -2.07. The zero-order chi connectivity index (χ0) is 16.2. The molecule has 0 radical (unpaired) electrons. The molecule has 4 heteroatoms. The van der Waals surface area contributed by atoms with Gasteiger partial charge in [-0.05, 0) is 42.5 Å². The van der Waals surface area contributed by atoms with Crippen LogP contribution in [0.25, 0.3) is 22.3 Å². The average molecular weight is 308 g/mol. The molecule has 116 valence electrons. The summed E-state index contributed by atoms with van der Waals surface area (Å²) in [5.41, 5.74) is 1.23. The zero-order valence-electron chi connectivity index (χ0n) is 12.7. The van der Waals surface area contributed by atoms with Crippen LogP contribution in [-0.4, -0.2) is 13.7 Å². The van der Waals surface area contributed by atoms with Crippen LogP contribution >= 0.6 is 0 Å². The smallest absolute Gasteiger partial charge is 0.193 e. The monoisotopic (exact) mass is 308 g/mol. The van der Waals surface area contributed by atoms with Crippen LogP contribution in [0.3, 0.4) is 0 Å². The Kier molecular flexibility index (Phi) is 4.15. The Bertz CT molecular complexity index is 891. The molecule has 3 rings (SSSR count). The molecule has 4 nitrogen and oxygen atoms in total. The highest BCUT2D eigenvalue weighted by molar-refractivity contribution is 5.80. The Balaban J connectivity index is 2.03. The van der Waals surface area contributed by atoms with E-state index in [0.717, 1.165) is 11.3 Å². The molecule has 0 bridgehead atoms. The summed E-state index contributed by atoms with van der Waals surface area (Å²) in [6.07, 6.45) is 1.65. The lowest BCUT2D eigenvalue weighted by atomic mass is 10.1. The second-order valence-electron chi connectivity index (χ2n) is 4.96. The van der Waals surface area contributed by atoms with Crippen molar-refractivity contribution in [2.24, 2.45) is 0 Å². The third-order valence-electron chi connectivity index (χ3n) is 3.44. The van der Waals surface area contributed by atoms with E-state index in [1.165, 1.54) is 6.07 Å². The predicted molar refractivity (Wildman–Crippen MR) is 90.2 cm³/mol. The van der Waals surface area contributed by atoms with E-state index in [9.17, 15) is 4.79 Å². The highest BCUT2D eigenvalue weighted by Crippen LogP contribution is 2.26. The molecule has 3 aromatic rings. The fraction of sp³-hybridized carbons (Fsp3) is 0.105. The highest BCUT2D eigenvalue weighted by atomic mass is 16.5. The van der Waals surface area contributed by atoms with Crippen molar-refractivity contribution >= 4 is 11.0 Å². The van der Waals surface area contributed by atoms with E-state index in [4.69, 9.17) is 13.9 Å². The van der Waals surface area contributed by atoms with Gasteiger partial charge in [-0.25, -0.2) is 0 Å². The molecule has 0 aliphatic carbocycles. The van der Waals surface area contributed by atoms with Crippen LogP contribution in [0.4, 0.5) is 0 Å². The second kappa shape index (κ2) is 6.40. The molecule has 0 saturated heterocycles. The number of ether oxygens (including phenoxy) is 2. The lowest BCUT2D eigenvalue weighted by Crippen LogP contribution is -2.01.